The van der Waals surface area contributed by atoms with Crippen molar-refractivity contribution in [1.29, 1.82) is 0 Å². The number of esters is 1. The Labute approximate surface area is 112 Å². The van der Waals surface area contributed by atoms with Crippen LogP contribution in [0.3, 0.4) is 0 Å². The van der Waals surface area contributed by atoms with Gasteiger partial charge in [-0.2, -0.15) is 0 Å². The van der Waals surface area contributed by atoms with Crippen LogP contribution in [0.25, 0.3) is 0 Å². The van der Waals surface area contributed by atoms with Crippen molar-refractivity contribution in [1.82, 2.24) is 4.90 Å². The monoisotopic (exact) mass is 281 g/mol. The molecule has 0 atom stereocenters. The minimum Gasteiger partial charge on any atom is -0.462 e. The third-order valence-electron chi connectivity index (χ3n) is 2.08. The summed E-state index contributed by atoms with van der Waals surface area (Å²) < 4.78 is 4.79. The fourth-order valence-electron chi connectivity index (χ4n) is 1.13. The number of hydrogen-bond acceptors (Lipinski definition) is 4. The van der Waals surface area contributed by atoms with Crippen LogP contribution in [0.1, 0.15) is 20.8 Å². The summed E-state index contributed by atoms with van der Waals surface area (Å²) in [4.78, 5) is 23.8. The minimum atomic E-state index is -1.26. The summed E-state index contributed by atoms with van der Waals surface area (Å²) in [7, 11) is 0. The summed E-state index contributed by atoms with van der Waals surface area (Å²) in [6.07, 6.45) is 1.44. The second-order valence-electron chi connectivity index (χ2n) is 3.15. The van der Waals surface area contributed by atoms with Crippen LogP contribution in [0.5, 0.6) is 0 Å². The van der Waals surface area contributed by atoms with Crippen LogP contribution in [0.4, 0.5) is 0 Å². The number of ether oxygens (including phenoxy) is 1. The summed E-state index contributed by atoms with van der Waals surface area (Å²) in [6.45, 7) is 7.01. The molecule has 6 heteroatoms. The molecule has 0 heterocycles. The highest BCUT2D eigenvalue weighted by atomic mass is 35.5. The molecule has 0 bridgehead atoms. The molecule has 0 radical (unpaired) electrons. The van der Waals surface area contributed by atoms with Gasteiger partial charge >= 0.3 is 5.97 Å². The number of carbonyl (C=O) groups is 2. The van der Waals surface area contributed by atoms with Gasteiger partial charge in [0.15, 0.2) is 4.84 Å². The van der Waals surface area contributed by atoms with Crippen LogP contribution >= 0.6 is 23.2 Å². The fraction of sp³-hybridized carbons (Fsp3) is 0.636. The maximum Gasteiger partial charge on any atom is 0.343 e. The van der Waals surface area contributed by atoms with Gasteiger partial charge in [-0.15, -0.1) is 0 Å². The summed E-state index contributed by atoms with van der Waals surface area (Å²) in [5.74, 6) is -1.34. The van der Waals surface area contributed by atoms with Crippen LogP contribution in [0.15, 0.2) is 11.8 Å². The Morgan fingerprint density at radius 3 is 2.12 bits per heavy atom. The zero-order chi connectivity index (χ0) is 13.4. The summed E-state index contributed by atoms with van der Waals surface area (Å²) >= 11 is 11.0. The molecule has 98 valence electrons. The Balaban J connectivity index is 5.09. The molecule has 17 heavy (non-hydrogen) atoms. The molecule has 0 amide bonds. The van der Waals surface area contributed by atoms with Gasteiger partial charge in [0.05, 0.1) is 6.61 Å². The maximum absolute atomic E-state index is 11.7. The van der Waals surface area contributed by atoms with E-state index in [1.807, 2.05) is 13.8 Å². The molecule has 0 spiro atoms. The number of nitrogens with zero attached hydrogens (tertiary/aromatic N) is 1. The van der Waals surface area contributed by atoms with Crippen LogP contribution in [-0.4, -0.2) is 41.2 Å². The number of hydrogen-bond donors (Lipinski definition) is 0. The predicted molar refractivity (Wildman–Crippen MR) is 68.1 cm³/mol. The molecule has 0 saturated carbocycles. The molecule has 0 N–H and O–H groups in total. The zero-order valence-electron chi connectivity index (χ0n) is 10.2. The summed E-state index contributed by atoms with van der Waals surface area (Å²) in [5, 5.41) is 0. The maximum atomic E-state index is 11.7. The lowest BCUT2D eigenvalue weighted by atomic mass is 10.2. The number of ketones is 1. The Morgan fingerprint density at radius 2 is 1.76 bits per heavy atom. The van der Waals surface area contributed by atoms with Crippen LogP contribution in [0.2, 0.25) is 0 Å². The highest BCUT2D eigenvalue weighted by Gasteiger charge is 2.25. The second-order valence-corrected chi connectivity index (χ2v) is 4.25. The van der Waals surface area contributed by atoms with Gasteiger partial charge in [0.2, 0.25) is 5.78 Å². The van der Waals surface area contributed by atoms with Crippen molar-refractivity contribution in [3.63, 3.8) is 0 Å². The van der Waals surface area contributed by atoms with E-state index < -0.39 is 16.6 Å². The first kappa shape index (κ1) is 16.3. The standard InChI is InChI=1S/C11H17Cl2NO3/c1-4-14(5-2)7-8(9(15)10(12)13)11(16)17-6-3/h7,10H,4-6H2,1-3H3. The van der Waals surface area contributed by atoms with E-state index in [2.05, 4.69) is 0 Å². The lowest BCUT2D eigenvalue weighted by molar-refractivity contribution is -0.140. The topological polar surface area (TPSA) is 46.6 Å². The molecule has 0 aliphatic heterocycles. The third kappa shape index (κ3) is 5.41. The van der Waals surface area contributed by atoms with Crippen molar-refractivity contribution in [2.75, 3.05) is 19.7 Å². The zero-order valence-corrected chi connectivity index (χ0v) is 11.7. The third-order valence-corrected chi connectivity index (χ3v) is 2.48. The first-order valence-corrected chi connectivity index (χ1v) is 6.30. The molecule has 4 nitrogen and oxygen atoms in total. The van der Waals surface area contributed by atoms with E-state index >= 15 is 0 Å². The van der Waals surface area contributed by atoms with Gasteiger partial charge < -0.3 is 9.64 Å². The molecule has 0 aliphatic rings. The van der Waals surface area contributed by atoms with Gasteiger partial charge in [0.25, 0.3) is 0 Å². The molecular formula is C11H17Cl2NO3. The number of alkyl halides is 2. The van der Waals surface area contributed by atoms with Crippen molar-refractivity contribution >= 4 is 35.0 Å². The lowest BCUT2D eigenvalue weighted by Crippen LogP contribution is -2.25. The SMILES string of the molecule is CCOC(=O)C(=CN(CC)CC)C(=O)C(Cl)Cl. The van der Waals surface area contributed by atoms with Crippen molar-refractivity contribution in [2.45, 2.75) is 25.6 Å². The molecule has 0 aliphatic carbocycles. The smallest absolute Gasteiger partial charge is 0.343 e. The second kappa shape index (κ2) is 8.37. The van der Waals surface area contributed by atoms with Gasteiger partial charge in [0, 0.05) is 19.3 Å². The van der Waals surface area contributed by atoms with Crippen LogP contribution in [0, 0.1) is 0 Å². The van der Waals surface area contributed by atoms with E-state index in [0.29, 0.717) is 13.1 Å². The summed E-state index contributed by atoms with van der Waals surface area (Å²) in [5.41, 5.74) is -0.120. The molecule has 0 aromatic rings. The van der Waals surface area contributed by atoms with Gasteiger partial charge in [-0.3, -0.25) is 4.79 Å². The van der Waals surface area contributed by atoms with Gasteiger partial charge in [-0.05, 0) is 20.8 Å². The quantitative estimate of drug-likeness (QED) is 0.236. The number of rotatable bonds is 7. The van der Waals surface area contributed by atoms with Gasteiger partial charge in [0.1, 0.15) is 5.57 Å². The van der Waals surface area contributed by atoms with Crippen molar-refractivity contribution in [2.24, 2.45) is 0 Å². The highest BCUT2D eigenvalue weighted by Crippen LogP contribution is 2.13. The first-order chi connectivity index (χ1) is 7.97. The normalized spacial score (nSPS) is 11.5. The average molecular weight is 282 g/mol. The Bertz CT molecular complexity index is 299. The fourth-order valence-corrected chi connectivity index (χ4v) is 1.37. The molecule has 0 saturated heterocycles. The van der Waals surface area contributed by atoms with E-state index in [4.69, 9.17) is 27.9 Å². The number of halogens is 2. The molecule has 0 aromatic heterocycles. The van der Waals surface area contributed by atoms with E-state index in [1.54, 1.807) is 11.8 Å². The minimum absolute atomic E-state index is 0.120. The van der Waals surface area contributed by atoms with Gasteiger partial charge in [-0.1, -0.05) is 23.2 Å². The number of carbonyl (C=O) groups excluding carboxylic acids is 2. The van der Waals surface area contributed by atoms with Crippen molar-refractivity contribution < 1.29 is 14.3 Å². The van der Waals surface area contributed by atoms with Crippen molar-refractivity contribution in [3.05, 3.63) is 11.8 Å². The molecule has 0 rings (SSSR count). The Hall–Kier alpha value is -0.740. The largest absolute Gasteiger partial charge is 0.462 e. The lowest BCUT2D eigenvalue weighted by Gasteiger charge is -2.17. The van der Waals surface area contributed by atoms with E-state index in [1.165, 1.54) is 6.20 Å². The molecule has 0 fully saturated rings. The molecular weight excluding hydrogens is 265 g/mol. The predicted octanol–water partition coefficient (Wildman–Crippen LogP) is 2.15. The van der Waals surface area contributed by atoms with E-state index in [0.717, 1.165) is 0 Å². The first-order valence-electron chi connectivity index (χ1n) is 5.43. The highest BCUT2D eigenvalue weighted by molar-refractivity contribution is 6.56. The molecule has 0 aromatic carbocycles. The average Bonchev–Trinajstić information content (AvgIpc) is 2.30. The van der Waals surface area contributed by atoms with Crippen LogP contribution in [-0.2, 0) is 14.3 Å². The molecule has 0 unspecified atom stereocenters. The van der Waals surface area contributed by atoms with Crippen LogP contribution < -0.4 is 0 Å². The van der Waals surface area contributed by atoms with E-state index in [9.17, 15) is 9.59 Å². The van der Waals surface area contributed by atoms with E-state index in [-0.39, 0.29) is 12.2 Å². The summed E-state index contributed by atoms with van der Waals surface area (Å²) in [6, 6.07) is 0. The number of Topliss-reactive ketones (excluding diaryl/α,β-unsaturated/α-hetero) is 1. The Morgan fingerprint density at radius 1 is 1.24 bits per heavy atom. The van der Waals surface area contributed by atoms with Gasteiger partial charge in [-0.25, -0.2) is 4.79 Å². The van der Waals surface area contributed by atoms with Crippen molar-refractivity contribution in [3.8, 4) is 0 Å². The Kier molecular flexibility index (Phi) is 8.00.